The van der Waals surface area contributed by atoms with Crippen molar-refractivity contribution < 1.29 is 29.6 Å². The molecule has 1 aliphatic heterocycles. The number of hydrogen-bond acceptors (Lipinski definition) is 6. The zero-order valence-corrected chi connectivity index (χ0v) is 8.24. The molecular weight excluding hydrogens is 206 g/mol. The van der Waals surface area contributed by atoms with Gasteiger partial charge in [-0.05, 0) is 6.92 Å². The van der Waals surface area contributed by atoms with Crippen molar-refractivity contribution in [2.24, 2.45) is 5.73 Å². The Balaban J connectivity index is 2.75. The minimum atomic E-state index is -1.55. The largest absolute Gasteiger partial charge is 0.387 e. The first-order valence-electron chi connectivity index (χ1n) is 4.59. The molecule has 0 aliphatic carbocycles. The Morgan fingerprint density at radius 3 is 2.40 bits per heavy atom. The Morgan fingerprint density at radius 2 is 1.93 bits per heavy atom. The lowest BCUT2D eigenvalue weighted by molar-refractivity contribution is -0.288. The molecule has 1 aliphatic rings. The molecule has 1 saturated heterocycles. The van der Waals surface area contributed by atoms with E-state index in [2.05, 4.69) is 0 Å². The Labute approximate surface area is 86.4 Å². The van der Waals surface area contributed by atoms with E-state index in [4.69, 9.17) is 15.2 Å². The summed E-state index contributed by atoms with van der Waals surface area (Å²) in [6.07, 6.45) is -7.01. The Morgan fingerprint density at radius 1 is 1.33 bits per heavy atom. The maximum absolute atomic E-state index is 10.9. The number of aliphatic hydroxyl groups excluding tert-OH is 3. The van der Waals surface area contributed by atoms with Crippen LogP contribution >= 0.6 is 0 Å². The highest BCUT2D eigenvalue weighted by molar-refractivity contribution is 5.79. The van der Waals surface area contributed by atoms with Crippen LogP contribution in [0.2, 0.25) is 0 Å². The van der Waals surface area contributed by atoms with E-state index in [1.54, 1.807) is 6.92 Å². The van der Waals surface area contributed by atoms with Crippen molar-refractivity contribution in [1.82, 2.24) is 0 Å². The van der Waals surface area contributed by atoms with Gasteiger partial charge in [0.2, 0.25) is 5.91 Å². The van der Waals surface area contributed by atoms with Crippen molar-refractivity contribution in [1.29, 1.82) is 0 Å². The van der Waals surface area contributed by atoms with Crippen LogP contribution in [0.1, 0.15) is 6.92 Å². The second-order valence-corrected chi connectivity index (χ2v) is 3.25. The molecular formula is C8H15NO6. The molecule has 0 radical (unpaired) electrons. The van der Waals surface area contributed by atoms with Crippen molar-refractivity contribution in [3.8, 4) is 0 Å². The number of rotatable bonds is 3. The average Bonchev–Trinajstić information content (AvgIpc) is 2.18. The molecule has 0 saturated carbocycles. The van der Waals surface area contributed by atoms with Crippen LogP contribution in [0.5, 0.6) is 0 Å². The topological polar surface area (TPSA) is 122 Å². The lowest BCUT2D eigenvalue weighted by Gasteiger charge is -2.38. The van der Waals surface area contributed by atoms with Crippen molar-refractivity contribution in [3.05, 3.63) is 0 Å². The molecule has 0 aromatic carbocycles. The predicted molar refractivity (Wildman–Crippen MR) is 47.5 cm³/mol. The zero-order chi connectivity index (χ0) is 11.6. The van der Waals surface area contributed by atoms with Crippen LogP contribution in [0.15, 0.2) is 0 Å². The number of aliphatic hydroxyl groups is 3. The molecule has 1 amide bonds. The van der Waals surface area contributed by atoms with Crippen molar-refractivity contribution >= 4 is 5.91 Å². The Hall–Kier alpha value is -0.730. The predicted octanol–water partition coefficient (Wildman–Crippen LogP) is -2.68. The number of carbonyl (C=O) groups is 1. The molecule has 5 atom stereocenters. The molecule has 15 heavy (non-hydrogen) atoms. The number of carbonyl (C=O) groups excluding carboxylic acids is 1. The summed E-state index contributed by atoms with van der Waals surface area (Å²) in [6.45, 7) is 1.89. The van der Waals surface area contributed by atoms with Gasteiger partial charge in [-0.2, -0.15) is 0 Å². The van der Waals surface area contributed by atoms with E-state index in [0.29, 0.717) is 0 Å². The fraction of sp³-hybridized carbons (Fsp3) is 0.875. The molecule has 1 rings (SSSR count). The van der Waals surface area contributed by atoms with Crippen molar-refractivity contribution in [3.63, 3.8) is 0 Å². The van der Waals surface area contributed by atoms with Gasteiger partial charge in [-0.25, -0.2) is 0 Å². The quantitative estimate of drug-likeness (QED) is 0.412. The second-order valence-electron chi connectivity index (χ2n) is 3.25. The minimum absolute atomic E-state index is 0.232. The van der Waals surface area contributed by atoms with Gasteiger partial charge in [0, 0.05) is 6.61 Å². The Kier molecular flexibility index (Phi) is 4.00. The van der Waals surface area contributed by atoms with Gasteiger partial charge in [0.1, 0.15) is 18.3 Å². The summed E-state index contributed by atoms with van der Waals surface area (Å²) < 4.78 is 9.87. The highest BCUT2D eigenvalue weighted by Gasteiger charge is 2.46. The monoisotopic (exact) mass is 221 g/mol. The first-order valence-corrected chi connectivity index (χ1v) is 4.59. The number of nitrogens with two attached hydrogens (primary N) is 1. The van der Waals surface area contributed by atoms with Gasteiger partial charge in [-0.1, -0.05) is 0 Å². The van der Waals surface area contributed by atoms with Crippen LogP contribution in [0, 0.1) is 0 Å². The van der Waals surface area contributed by atoms with Gasteiger partial charge in [-0.15, -0.1) is 0 Å². The van der Waals surface area contributed by atoms with Gasteiger partial charge in [0.25, 0.3) is 0 Å². The van der Waals surface area contributed by atoms with Crippen LogP contribution in [-0.4, -0.2) is 58.5 Å². The zero-order valence-electron chi connectivity index (χ0n) is 8.24. The summed E-state index contributed by atoms with van der Waals surface area (Å²) in [4.78, 5) is 10.9. The molecule has 5 N–H and O–H groups in total. The SMILES string of the molecule is CCOC1OC(C(N)=O)[C@H](O)C(O)[C@@H]1O. The smallest absolute Gasteiger partial charge is 0.249 e. The molecule has 7 nitrogen and oxygen atoms in total. The van der Waals surface area contributed by atoms with E-state index in [0.717, 1.165) is 0 Å². The molecule has 0 aromatic rings. The van der Waals surface area contributed by atoms with Gasteiger partial charge in [0.05, 0.1) is 0 Å². The second kappa shape index (κ2) is 4.86. The normalized spacial score (nSPS) is 41.5. The van der Waals surface area contributed by atoms with Crippen LogP contribution in [0.3, 0.4) is 0 Å². The number of primary amides is 1. The van der Waals surface area contributed by atoms with Gasteiger partial charge in [0.15, 0.2) is 12.4 Å². The molecule has 1 heterocycles. The summed E-state index contributed by atoms with van der Waals surface area (Å²) in [7, 11) is 0. The minimum Gasteiger partial charge on any atom is -0.387 e. The highest BCUT2D eigenvalue weighted by atomic mass is 16.7. The lowest BCUT2D eigenvalue weighted by Crippen LogP contribution is -2.61. The van der Waals surface area contributed by atoms with Gasteiger partial charge >= 0.3 is 0 Å². The fourth-order valence-electron chi connectivity index (χ4n) is 1.39. The number of hydrogen-bond donors (Lipinski definition) is 4. The Bertz CT molecular complexity index is 235. The van der Waals surface area contributed by atoms with Crippen molar-refractivity contribution in [2.45, 2.75) is 37.6 Å². The lowest BCUT2D eigenvalue weighted by atomic mass is 9.98. The van der Waals surface area contributed by atoms with E-state index in [-0.39, 0.29) is 6.61 Å². The third kappa shape index (κ3) is 2.44. The number of amides is 1. The third-order valence-electron chi connectivity index (χ3n) is 2.18. The molecule has 3 unspecified atom stereocenters. The van der Waals surface area contributed by atoms with Gasteiger partial charge in [-0.3, -0.25) is 4.79 Å². The maximum atomic E-state index is 10.9. The van der Waals surface area contributed by atoms with Crippen LogP contribution in [0.4, 0.5) is 0 Å². The van der Waals surface area contributed by atoms with Crippen LogP contribution in [0.25, 0.3) is 0 Å². The van der Waals surface area contributed by atoms with E-state index >= 15 is 0 Å². The average molecular weight is 221 g/mol. The van der Waals surface area contributed by atoms with E-state index in [9.17, 15) is 20.1 Å². The number of ether oxygens (including phenoxy) is 2. The third-order valence-corrected chi connectivity index (χ3v) is 2.18. The van der Waals surface area contributed by atoms with E-state index in [1.807, 2.05) is 0 Å². The maximum Gasteiger partial charge on any atom is 0.249 e. The summed E-state index contributed by atoms with van der Waals surface area (Å²) >= 11 is 0. The van der Waals surface area contributed by atoms with Crippen molar-refractivity contribution in [2.75, 3.05) is 6.61 Å². The first kappa shape index (κ1) is 12.3. The summed E-state index contributed by atoms with van der Waals surface area (Å²) in [5.74, 6) is -0.918. The molecule has 0 aromatic heterocycles. The van der Waals surface area contributed by atoms with E-state index < -0.39 is 36.6 Å². The molecule has 7 heteroatoms. The van der Waals surface area contributed by atoms with E-state index in [1.165, 1.54) is 0 Å². The summed E-state index contributed by atoms with van der Waals surface area (Å²) in [5.41, 5.74) is 4.95. The van der Waals surface area contributed by atoms with Crippen LogP contribution in [-0.2, 0) is 14.3 Å². The summed E-state index contributed by atoms with van der Waals surface area (Å²) in [5, 5.41) is 28.2. The molecule has 0 bridgehead atoms. The molecule has 88 valence electrons. The van der Waals surface area contributed by atoms with Gasteiger partial charge < -0.3 is 30.5 Å². The highest BCUT2D eigenvalue weighted by Crippen LogP contribution is 2.21. The molecule has 0 spiro atoms. The van der Waals surface area contributed by atoms with Crippen LogP contribution < -0.4 is 5.73 Å². The standard InChI is InChI=1S/C8H15NO6/c1-2-14-8-5(12)3(10)4(11)6(15-8)7(9)13/h3-6,8,10-12H,2H2,1H3,(H2,9,13)/t3?,4-,5+,6?,8?/m1/s1. The fourth-order valence-corrected chi connectivity index (χ4v) is 1.39. The first-order chi connectivity index (χ1) is 6.99. The molecule has 1 fully saturated rings. The summed E-state index contributed by atoms with van der Waals surface area (Å²) in [6, 6.07) is 0.